The quantitative estimate of drug-likeness (QED) is 0.598. The summed E-state index contributed by atoms with van der Waals surface area (Å²) in [5.41, 5.74) is 2.00. The summed E-state index contributed by atoms with van der Waals surface area (Å²) in [6.45, 7) is 6.74. The van der Waals surface area contributed by atoms with E-state index in [1.807, 2.05) is 6.08 Å². The van der Waals surface area contributed by atoms with Gasteiger partial charge in [-0.25, -0.2) is 0 Å². The summed E-state index contributed by atoms with van der Waals surface area (Å²) >= 11 is 5.41. The van der Waals surface area contributed by atoms with E-state index >= 15 is 0 Å². The Kier molecular flexibility index (Phi) is 2.37. The van der Waals surface area contributed by atoms with Gasteiger partial charge in [0.1, 0.15) is 0 Å². The normalized spacial score (nSPS) is 25.1. The Hall–Kier alpha value is -0.0100. The topological polar surface area (TPSA) is 3.24 Å². The second kappa shape index (κ2) is 2.93. The van der Waals surface area contributed by atoms with E-state index in [4.69, 9.17) is 11.6 Å². The highest BCUT2D eigenvalue weighted by Crippen LogP contribution is 2.28. The first-order valence-electron chi connectivity index (χ1n) is 3.67. The SMILES string of the molecule is CC1(C)CCN1C/C=C/Cl. The minimum atomic E-state index is 0.413. The Morgan fingerprint density at radius 1 is 1.60 bits per heavy atom. The summed E-state index contributed by atoms with van der Waals surface area (Å²) in [5, 5.41) is 0. The Balaban J connectivity index is 2.30. The molecule has 0 aromatic rings. The van der Waals surface area contributed by atoms with Crippen molar-refractivity contribution in [2.45, 2.75) is 25.8 Å². The lowest BCUT2D eigenvalue weighted by Crippen LogP contribution is -2.55. The maximum Gasteiger partial charge on any atom is 0.0180 e. The molecule has 1 aliphatic rings. The number of hydrogen-bond acceptors (Lipinski definition) is 1. The van der Waals surface area contributed by atoms with Crippen molar-refractivity contribution in [1.29, 1.82) is 0 Å². The lowest BCUT2D eigenvalue weighted by atomic mass is 9.89. The maximum absolute atomic E-state index is 5.41. The fraction of sp³-hybridized carbons (Fsp3) is 0.750. The van der Waals surface area contributed by atoms with Gasteiger partial charge >= 0.3 is 0 Å². The fourth-order valence-corrected chi connectivity index (χ4v) is 1.30. The number of rotatable bonds is 2. The molecule has 0 aliphatic carbocycles. The fourth-order valence-electron chi connectivity index (χ4n) is 1.22. The van der Waals surface area contributed by atoms with Gasteiger partial charge in [-0.2, -0.15) is 0 Å². The Bertz CT molecular complexity index is 140. The van der Waals surface area contributed by atoms with Crippen LogP contribution in [0.1, 0.15) is 20.3 Å². The molecule has 0 saturated carbocycles. The maximum atomic E-state index is 5.41. The molecule has 0 aromatic heterocycles. The van der Waals surface area contributed by atoms with Gasteiger partial charge in [0.15, 0.2) is 0 Å². The zero-order valence-corrected chi connectivity index (χ0v) is 7.36. The van der Waals surface area contributed by atoms with Crippen LogP contribution in [-0.4, -0.2) is 23.5 Å². The zero-order chi connectivity index (χ0) is 7.61. The highest BCUT2D eigenvalue weighted by Gasteiger charge is 2.34. The number of nitrogens with zero attached hydrogens (tertiary/aromatic N) is 1. The van der Waals surface area contributed by atoms with Gasteiger partial charge in [-0.05, 0) is 20.3 Å². The Morgan fingerprint density at radius 3 is 2.60 bits per heavy atom. The van der Waals surface area contributed by atoms with Gasteiger partial charge in [0, 0.05) is 24.2 Å². The number of halogens is 1. The molecular weight excluding hydrogens is 146 g/mol. The summed E-state index contributed by atoms with van der Waals surface area (Å²) in [6.07, 6.45) is 3.30. The van der Waals surface area contributed by atoms with Crippen molar-refractivity contribution in [1.82, 2.24) is 4.90 Å². The average molecular weight is 160 g/mol. The molecule has 1 rings (SSSR count). The molecule has 0 atom stereocenters. The third-order valence-electron chi connectivity index (χ3n) is 2.26. The Morgan fingerprint density at radius 2 is 2.30 bits per heavy atom. The first-order chi connectivity index (χ1) is 4.67. The molecule has 1 saturated heterocycles. The molecule has 58 valence electrons. The molecule has 0 spiro atoms. The second-order valence-corrected chi connectivity index (χ2v) is 3.62. The van der Waals surface area contributed by atoms with Gasteiger partial charge in [-0.3, -0.25) is 4.90 Å². The summed E-state index contributed by atoms with van der Waals surface area (Å²) < 4.78 is 0. The summed E-state index contributed by atoms with van der Waals surface area (Å²) in [4.78, 5) is 2.41. The zero-order valence-electron chi connectivity index (χ0n) is 6.60. The predicted molar refractivity (Wildman–Crippen MR) is 45.3 cm³/mol. The molecular formula is C8H14ClN. The molecule has 1 heterocycles. The molecule has 0 radical (unpaired) electrons. The van der Waals surface area contributed by atoms with E-state index in [9.17, 15) is 0 Å². The van der Waals surface area contributed by atoms with Crippen LogP contribution < -0.4 is 0 Å². The summed E-state index contributed by atoms with van der Waals surface area (Å²) in [6, 6.07) is 0. The van der Waals surface area contributed by atoms with Crippen LogP contribution in [0.3, 0.4) is 0 Å². The van der Waals surface area contributed by atoms with Crippen LogP contribution >= 0.6 is 11.6 Å². The van der Waals surface area contributed by atoms with Crippen molar-refractivity contribution in [3.8, 4) is 0 Å². The smallest absolute Gasteiger partial charge is 0.0180 e. The van der Waals surface area contributed by atoms with Gasteiger partial charge < -0.3 is 0 Å². The third kappa shape index (κ3) is 1.53. The molecule has 1 nitrogen and oxygen atoms in total. The van der Waals surface area contributed by atoms with Crippen molar-refractivity contribution < 1.29 is 0 Å². The number of likely N-dealkylation sites (tertiary alicyclic amines) is 1. The largest absolute Gasteiger partial charge is 0.294 e. The van der Waals surface area contributed by atoms with Crippen LogP contribution in [0, 0.1) is 0 Å². The summed E-state index contributed by atoms with van der Waals surface area (Å²) in [5.74, 6) is 0. The van der Waals surface area contributed by atoms with E-state index in [2.05, 4.69) is 18.7 Å². The van der Waals surface area contributed by atoms with Crippen LogP contribution in [0.2, 0.25) is 0 Å². The van der Waals surface area contributed by atoms with E-state index < -0.39 is 0 Å². The lowest BCUT2D eigenvalue weighted by molar-refractivity contribution is 0.0285. The third-order valence-corrected chi connectivity index (χ3v) is 2.44. The number of hydrogen-bond donors (Lipinski definition) is 0. The highest BCUT2D eigenvalue weighted by molar-refractivity contribution is 6.25. The lowest BCUT2D eigenvalue weighted by Gasteiger charge is -2.48. The van der Waals surface area contributed by atoms with E-state index in [0.29, 0.717) is 5.54 Å². The van der Waals surface area contributed by atoms with Gasteiger partial charge in [0.05, 0.1) is 0 Å². The average Bonchev–Trinajstić information content (AvgIpc) is 1.87. The second-order valence-electron chi connectivity index (χ2n) is 3.37. The van der Waals surface area contributed by atoms with Crippen LogP contribution in [-0.2, 0) is 0 Å². The van der Waals surface area contributed by atoms with Crippen molar-refractivity contribution >= 4 is 11.6 Å². The predicted octanol–water partition coefficient (Wildman–Crippen LogP) is 2.22. The van der Waals surface area contributed by atoms with Gasteiger partial charge in [0.25, 0.3) is 0 Å². The Labute approximate surface area is 67.7 Å². The molecule has 1 fully saturated rings. The van der Waals surface area contributed by atoms with Crippen molar-refractivity contribution in [2.75, 3.05) is 13.1 Å². The highest BCUT2D eigenvalue weighted by atomic mass is 35.5. The molecule has 0 aromatic carbocycles. The standard InChI is InChI=1S/C8H14ClN/c1-8(2)4-7-10(8)6-3-5-9/h3,5H,4,6-7H2,1-2H3/b5-3+. The van der Waals surface area contributed by atoms with Gasteiger partial charge in [-0.1, -0.05) is 17.7 Å². The molecule has 10 heavy (non-hydrogen) atoms. The molecule has 1 aliphatic heterocycles. The first kappa shape index (κ1) is 8.09. The molecule has 0 N–H and O–H groups in total. The van der Waals surface area contributed by atoms with E-state index in [-0.39, 0.29) is 0 Å². The minimum Gasteiger partial charge on any atom is -0.294 e. The van der Waals surface area contributed by atoms with Crippen LogP contribution in [0.15, 0.2) is 11.6 Å². The first-order valence-corrected chi connectivity index (χ1v) is 4.11. The van der Waals surface area contributed by atoms with E-state index in [1.165, 1.54) is 13.0 Å². The van der Waals surface area contributed by atoms with Crippen LogP contribution in [0.5, 0.6) is 0 Å². The molecule has 0 unspecified atom stereocenters. The molecule has 0 amide bonds. The van der Waals surface area contributed by atoms with Crippen molar-refractivity contribution in [3.63, 3.8) is 0 Å². The van der Waals surface area contributed by atoms with E-state index in [1.54, 1.807) is 5.54 Å². The molecule has 0 bridgehead atoms. The monoisotopic (exact) mass is 159 g/mol. The van der Waals surface area contributed by atoms with Gasteiger partial charge in [0.2, 0.25) is 0 Å². The van der Waals surface area contributed by atoms with Crippen LogP contribution in [0.4, 0.5) is 0 Å². The minimum absolute atomic E-state index is 0.413. The van der Waals surface area contributed by atoms with Gasteiger partial charge in [-0.15, -0.1) is 0 Å². The van der Waals surface area contributed by atoms with Crippen molar-refractivity contribution in [2.24, 2.45) is 0 Å². The van der Waals surface area contributed by atoms with E-state index in [0.717, 1.165) is 6.54 Å². The van der Waals surface area contributed by atoms with Crippen molar-refractivity contribution in [3.05, 3.63) is 11.6 Å². The summed E-state index contributed by atoms with van der Waals surface area (Å²) in [7, 11) is 0. The molecule has 2 heteroatoms. The van der Waals surface area contributed by atoms with Crippen LogP contribution in [0.25, 0.3) is 0 Å².